The van der Waals surface area contributed by atoms with Crippen molar-refractivity contribution in [3.8, 4) is 11.3 Å². The van der Waals surface area contributed by atoms with Crippen LogP contribution in [0.4, 0.5) is 29.2 Å². The Morgan fingerprint density at radius 3 is 2.31 bits per heavy atom. The number of halogens is 4. The number of benzene rings is 1. The standard InChI is InChI=1S/C28H33F4N7/c29-22-15-20(5-6-21(22)28(30,31)32)23-16-39(14-13-37-9-2-10-37)26(36-23)19-7-11-38(12-8-19)27-24(18-3-1-4-18)25(33)34-17-35-27/h5-6,15-19H,1-4,7-14H2,(H2,33,34,35). The van der Waals surface area contributed by atoms with Crippen LogP contribution in [0.25, 0.3) is 11.3 Å². The van der Waals surface area contributed by atoms with Gasteiger partial charge in [-0.15, -0.1) is 0 Å². The van der Waals surface area contributed by atoms with E-state index in [0.717, 1.165) is 94.3 Å². The lowest BCUT2D eigenvalue weighted by molar-refractivity contribution is -0.139. The number of hydrogen-bond donors (Lipinski definition) is 1. The quantitative estimate of drug-likeness (QED) is 0.400. The highest BCUT2D eigenvalue weighted by molar-refractivity contribution is 5.61. The molecule has 7 nitrogen and oxygen atoms in total. The Balaban J connectivity index is 1.23. The number of hydrogen-bond acceptors (Lipinski definition) is 6. The maximum Gasteiger partial charge on any atom is 0.419 e. The summed E-state index contributed by atoms with van der Waals surface area (Å²) in [6.07, 6.45) is 5.01. The van der Waals surface area contributed by atoms with Crippen molar-refractivity contribution in [2.75, 3.05) is 43.4 Å². The number of imidazole rings is 1. The fourth-order valence-electron chi connectivity index (χ4n) is 5.92. The molecule has 39 heavy (non-hydrogen) atoms. The SMILES string of the molecule is Nc1ncnc(N2CCC(c3nc(-c4ccc(C(F)(F)F)c(F)c4)cn3CCN3CCC3)CC2)c1C1CCC1. The van der Waals surface area contributed by atoms with Gasteiger partial charge >= 0.3 is 6.18 Å². The molecule has 0 spiro atoms. The van der Waals surface area contributed by atoms with Crippen molar-refractivity contribution in [2.24, 2.45) is 0 Å². The van der Waals surface area contributed by atoms with Gasteiger partial charge in [-0.1, -0.05) is 12.5 Å². The second kappa shape index (κ2) is 10.4. The smallest absolute Gasteiger partial charge is 0.383 e. The molecular formula is C28H33F4N7. The summed E-state index contributed by atoms with van der Waals surface area (Å²) in [6, 6.07) is 3.05. The van der Waals surface area contributed by atoms with Crippen LogP contribution in [0.15, 0.2) is 30.7 Å². The normalized spacial score (nSPS) is 19.2. The zero-order valence-electron chi connectivity index (χ0n) is 21.8. The zero-order valence-corrected chi connectivity index (χ0v) is 21.8. The number of nitrogens with two attached hydrogens (primary N) is 1. The van der Waals surface area contributed by atoms with E-state index in [2.05, 4.69) is 24.3 Å². The molecule has 2 aromatic heterocycles. The van der Waals surface area contributed by atoms with Gasteiger partial charge in [0.05, 0.1) is 11.3 Å². The summed E-state index contributed by atoms with van der Waals surface area (Å²) < 4.78 is 55.8. The van der Waals surface area contributed by atoms with Gasteiger partial charge in [-0.3, -0.25) is 0 Å². The summed E-state index contributed by atoms with van der Waals surface area (Å²) in [5, 5.41) is 0. The molecule has 6 rings (SSSR count). The molecule has 2 aliphatic heterocycles. The van der Waals surface area contributed by atoms with Gasteiger partial charge in [-0.05, 0) is 63.2 Å². The first-order chi connectivity index (χ1) is 18.8. The molecule has 0 radical (unpaired) electrons. The average molecular weight is 544 g/mol. The van der Waals surface area contributed by atoms with Gasteiger partial charge < -0.3 is 20.1 Å². The van der Waals surface area contributed by atoms with Crippen LogP contribution in [-0.4, -0.2) is 57.1 Å². The van der Waals surface area contributed by atoms with Crippen molar-refractivity contribution in [1.82, 2.24) is 24.4 Å². The van der Waals surface area contributed by atoms with Crippen molar-refractivity contribution < 1.29 is 17.6 Å². The van der Waals surface area contributed by atoms with Crippen molar-refractivity contribution in [2.45, 2.75) is 63.1 Å². The van der Waals surface area contributed by atoms with Crippen LogP contribution in [0.1, 0.15) is 67.3 Å². The lowest BCUT2D eigenvalue weighted by Gasteiger charge is -2.36. The van der Waals surface area contributed by atoms with Crippen LogP contribution in [0.2, 0.25) is 0 Å². The molecule has 2 saturated heterocycles. The summed E-state index contributed by atoms with van der Waals surface area (Å²) >= 11 is 0. The summed E-state index contributed by atoms with van der Waals surface area (Å²) in [5.74, 6) is 1.74. The maximum absolute atomic E-state index is 14.4. The lowest BCUT2D eigenvalue weighted by Crippen LogP contribution is -2.39. The van der Waals surface area contributed by atoms with Crippen molar-refractivity contribution in [1.29, 1.82) is 0 Å². The third-order valence-electron chi connectivity index (χ3n) is 8.55. The lowest BCUT2D eigenvalue weighted by atomic mass is 9.80. The van der Waals surface area contributed by atoms with Crippen molar-refractivity contribution >= 4 is 11.6 Å². The van der Waals surface area contributed by atoms with Gasteiger partial charge in [0.15, 0.2) is 0 Å². The second-order valence-corrected chi connectivity index (χ2v) is 11.0. The molecule has 208 valence electrons. The van der Waals surface area contributed by atoms with Crippen LogP contribution < -0.4 is 10.6 Å². The number of nitrogen functional groups attached to an aromatic ring is 1. The average Bonchev–Trinajstić information content (AvgIpc) is 3.27. The minimum Gasteiger partial charge on any atom is -0.383 e. The number of nitrogens with zero attached hydrogens (tertiary/aromatic N) is 6. The van der Waals surface area contributed by atoms with E-state index in [1.165, 1.54) is 25.2 Å². The number of anilines is 2. The number of aromatic nitrogens is 4. The van der Waals surface area contributed by atoms with Crippen LogP contribution in [0, 0.1) is 5.82 Å². The molecule has 3 aliphatic rings. The predicted molar refractivity (Wildman–Crippen MR) is 141 cm³/mol. The minimum atomic E-state index is -4.73. The summed E-state index contributed by atoms with van der Waals surface area (Å²) in [5.41, 5.74) is 6.93. The highest BCUT2D eigenvalue weighted by Gasteiger charge is 2.35. The molecule has 0 atom stereocenters. The monoisotopic (exact) mass is 543 g/mol. The van der Waals surface area contributed by atoms with Crippen LogP contribution in [0.3, 0.4) is 0 Å². The fraction of sp³-hybridized carbons (Fsp3) is 0.536. The molecule has 4 heterocycles. The molecular weight excluding hydrogens is 510 g/mol. The van der Waals surface area contributed by atoms with E-state index in [9.17, 15) is 17.6 Å². The third kappa shape index (κ3) is 5.20. The number of piperidine rings is 1. The number of alkyl halides is 3. The van der Waals surface area contributed by atoms with Gasteiger partial charge in [0.1, 0.15) is 29.6 Å². The van der Waals surface area contributed by atoms with Crippen LogP contribution in [-0.2, 0) is 12.7 Å². The van der Waals surface area contributed by atoms with Gasteiger partial charge in [0.25, 0.3) is 0 Å². The Morgan fingerprint density at radius 2 is 1.69 bits per heavy atom. The van der Waals surface area contributed by atoms with E-state index in [1.807, 2.05) is 6.20 Å². The number of likely N-dealkylation sites (tertiary alicyclic amines) is 1. The summed E-state index contributed by atoms with van der Waals surface area (Å²) in [6.45, 7) is 5.36. The molecule has 1 aliphatic carbocycles. The third-order valence-corrected chi connectivity index (χ3v) is 8.55. The van der Waals surface area contributed by atoms with Gasteiger partial charge in [0.2, 0.25) is 0 Å². The van der Waals surface area contributed by atoms with E-state index < -0.39 is 17.6 Å². The van der Waals surface area contributed by atoms with Crippen molar-refractivity contribution in [3.05, 3.63) is 53.5 Å². The first-order valence-electron chi connectivity index (χ1n) is 13.8. The van der Waals surface area contributed by atoms with E-state index in [4.69, 9.17) is 10.7 Å². The van der Waals surface area contributed by atoms with E-state index in [1.54, 1.807) is 0 Å². The molecule has 11 heteroatoms. The van der Waals surface area contributed by atoms with E-state index >= 15 is 0 Å². The molecule has 0 amide bonds. The molecule has 3 fully saturated rings. The Hall–Kier alpha value is -3.21. The van der Waals surface area contributed by atoms with Crippen LogP contribution in [0.5, 0.6) is 0 Å². The first kappa shape index (κ1) is 26.0. The predicted octanol–water partition coefficient (Wildman–Crippen LogP) is 5.44. The van der Waals surface area contributed by atoms with E-state index in [0.29, 0.717) is 23.0 Å². The second-order valence-electron chi connectivity index (χ2n) is 11.0. The molecule has 1 aromatic carbocycles. The fourth-order valence-corrected chi connectivity index (χ4v) is 5.92. The number of rotatable bonds is 7. The topological polar surface area (TPSA) is 76.1 Å². The van der Waals surface area contributed by atoms with Crippen molar-refractivity contribution in [3.63, 3.8) is 0 Å². The molecule has 0 bridgehead atoms. The highest BCUT2D eigenvalue weighted by Crippen LogP contribution is 2.43. The van der Waals surface area contributed by atoms with E-state index in [-0.39, 0.29) is 5.92 Å². The Labute approximate surface area is 225 Å². The van der Waals surface area contributed by atoms with Crippen LogP contribution >= 0.6 is 0 Å². The molecule has 2 N–H and O–H groups in total. The van der Waals surface area contributed by atoms with Gasteiger partial charge in [-0.25, -0.2) is 19.3 Å². The van der Waals surface area contributed by atoms with Gasteiger partial charge in [-0.2, -0.15) is 13.2 Å². The minimum absolute atomic E-state index is 0.178. The largest absolute Gasteiger partial charge is 0.419 e. The molecule has 1 saturated carbocycles. The Bertz CT molecular complexity index is 1320. The maximum atomic E-state index is 14.4. The summed E-state index contributed by atoms with van der Waals surface area (Å²) in [7, 11) is 0. The molecule has 0 unspecified atom stereocenters. The highest BCUT2D eigenvalue weighted by atomic mass is 19.4. The zero-order chi connectivity index (χ0) is 27.1. The van der Waals surface area contributed by atoms with Gasteiger partial charge in [0, 0.05) is 49.4 Å². The molecule has 3 aromatic rings. The Kier molecular flexibility index (Phi) is 6.95. The summed E-state index contributed by atoms with van der Waals surface area (Å²) in [4.78, 5) is 18.4. The Morgan fingerprint density at radius 1 is 0.923 bits per heavy atom. The first-order valence-corrected chi connectivity index (χ1v) is 13.8.